The van der Waals surface area contributed by atoms with Crippen LogP contribution in [0.1, 0.15) is 43.7 Å². The summed E-state index contributed by atoms with van der Waals surface area (Å²) in [6.45, 7) is 5.02. The third-order valence-corrected chi connectivity index (χ3v) is 4.76. The van der Waals surface area contributed by atoms with Crippen molar-refractivity contribution in [3.8, 4) is 0 Å². The molecular weight excluding hydrogens is 353 g/mol. The number of benzene rings is 1. The number of primary amides is 1. The van der Waals surface area contributed by atoms with Crippen LogP contribution in [0.3, 0.4) is 0 Å². The second-order valence-electron chi connectivity index (χ2n) is 7.03. The molecule has 0 heterocycles. The molecule has 6 heteroatoms. The quantitative estimate of drug-likeness (QED) is 0.532. The first kappa shape index (κ1) is 20.9. The number of rotatable bonds is 7. The summed E-state index contributed by atoms with van der Waals surface area (Å²) in [4.78, 5) is 15.5. The molecule has 0 saturated heterocycles. The van der Waals surface area contributed by atoms with E-state index in [1.54, 1.807) is 24.3 Å². The predicted octanol–water partition coefficient (Wildman–Crippen LogP) is 4.91. The van der Waals surface area contributed by atoms with Gasteiger partial charge in [0.15, 0.2) is 0 Å². The molecule has 0 unspecified atom stereocenters. The lowest BCUT2D eigenvalue weighted by Crippen LogP contribution is -2.13. The van der Waals surface area contributed by atoms with Gasteiger partial charge in [-0.15, -0.1) is 0 Å². The molecule has 0 atom stereocenters. The van der Waals surface area contributed by atoms with Gasteiger partial charge in [-0.05, 0) is 42.9 Å². The van der Waals surface area contributed by atoms with Gasteiger partial charge in [-0.1, -0.05) is 43.7 Å². The van der Waals surface area contributed by atoms with Crippen molar-refractivity contribution in [3.63, 3.8) is 0 Å². The first-order chi connectivity index (χ1) is 12.6. The van der Waals surface area contributed by atoms with Crippen molar-refractivity contribution in [2.24, 2.45) is 16.6 Å². The maximum atomic E-state index is 12.9. The smallest absolute Gasteiger partial charge is 0.369 e. The van der Waals surface area contributed by atoms with E-state index in [1.807, 2.05) is 6.92 Å². The van der Waals surface area contributed by atoms with E-state index in [0.29, 0.717) is 11.6 Å². The lowest BCUT2D eigenvalue weighted by atomic mass is 10.0. The monoisotopic (exact) mass is 378 g/mol. The van der Waals surface area contributed by atoms with Crippen LogP contribution in [0.4, 0.5) is 13.2 Å². The van der Waals surface area contributed by atoms with E-state index in [2.05, 4.69) is 11.6 Å². The fourth-order valence-electron chi connectivity index (χ4n) is 3.25. The van der Waals surface area contributed by atoms with Crippen LogP contribution in [0.15, 0.2) is 53.2 Å². The average Bonchev–Trinajstić information content (AvgIpc) is 3.09. The molecule has 1 amide bonds. The van der Waals surface area contributed by atoms with Crippen molar-refractivity contribution in [1.82, 2.24) is 0 Å². The minimum atomic E-state index is -4.48. The summed E-state index contributed by atoms with van der Waals surface area (Å²) in [5, 5.41) is 0. The molecule has 0 radical (unpaired) electrons. The molecule has 1 saturated carbocycles. The van der Waals surface area contributed by atoms with Crippen molar-refractivity contribution < 1.29 is 18.0 Å². The second kappa shape index (κ2) is 9.02. The molecule has 1 aromatic carbocycles. The number of hydrogen-bond donors (Lipinski definition) is 1. The van der Waals surface area contributed by atoms with Crippen LogP contribution in [0.5, 0.6) is 0 Å². The number of allylic oxidation sites excluding steroid dienone is 3. The average molecular weight is 378 g/mol. The van der Waals surface area contributed by atoms with Gasteiger partial charge in [0.05, 0.1) is 12.0 Å². The van der Waals surface area contributed by atoms with Gasteiger partial charge < -0.3 is 5.73 Å². The van der Waals surface area contributed by atoms with E-state index < -0.39 is 17.7 Å². The molecular formula is C21H25F3N2O. The third kappa shape index (κ3) is 6.70. The summed E-state index contributed by atoms with van der Waals surface area (Å²) in [5.74, 6) is -0.0907. The highest BCUT2D eigenvalue weighted by Gasteiger charge is 2.30. The number of amides is 1. The Kier molecular flexibility index (Phi) is 6.99. The minimum Gasteiger partial charge on any atom is -0.369 e. The predicted molar refractivity (Wildman–Crippen MR) is 101 cm³/mol. The Hall–Kier alpha value is -2.37. The summed E-state index contributed by atoms with van der Waals surface area (Å²) in [5.41, 5.74) is 7.05. The summed E-state index contributed by atoms with van der Waals surface area (Å²) < 4.78 is 38.8. The first-order valence-electron chi connectivity index (χ1n) is 9.03. The van der Waals surface area contributed by atoms with E-state index in [9.17, 15) is 18.0 Å². The molecule has 1 aromatic rings. The van der Waals surface area contributed by atoms with Gasteiger partial charge in [0.25, 0.3) is 0 Å². The molecule has 0 bridgehead atoms. The summed E-state index contributed by atoms with van der Waals surface area (Å²) in [7, 11) is 0. The molecule has 2 rings (SSSR count). The Balaban J connectivity index is 2.23. The van der Waals surface area contributed by atoms with Gasteiger partial charge in [-0.2, -0.15) is 13.2 Å². The highest BCUT2D eigenvalue weighted by Crippen LogP contribution is 2.29. The number of nitrogens with two attached hydrogens (primary N) is 1. The molecule has 2 N–H and O–H groups in total. The van der Waals surface area contributed by atoms with Crippen LogP contribution in [0.25, 0.3) is 0 Å². The van der Waals surface area contributed by atoms with Crippen molar-refractivity contribution >= 4 is 11.6 Å². The van der Waals surface area contributed by atoms with E-state index in [-0.39, 0.29) is 12.8 Å². The van der Waals surface area contributed by atoms with Gasteiger partial charge in [0.1, 0.15) is 0 Å². The van der Waals surface area contributed by atoms with Crippen LogP contribution in [0.2, 0.25) is 0 Å². The van der Waals surface area contributed by atoms with Gasteiger partial charge in [0.2, 0.25) is 5.91 Å². The molecule has 146 valence electrons. The molecule has 0 spiro atoms. The Morgan fingerprint density at radius 1 is 1.19 bits per heavy atom. The van der Waals surface area contributed by atoms with Crippen LogP contribution in [0, 0.1) is 5.92 Å². The van der Waals surface area contributed by atoms with Crippen LogP contribution in [-0.4, -0.2) is 17.8 Å². The molecule has 1 fully saturated rings. The molecule has 1 aliphatic carbocycles. The molecule has 3 nitrogen and oxygen atoms in total. The van der Waals surface area contributed by atoms with Crippen molar-refractivity contribution in [2.45, 2.75) is 51.6 Å². The number of carbonyl (C=O) groups excluding carboxylic acids is 1. The standard InChI is InChI=1S/C21H25F3N2O/c1-14(21(22,23)24)11-19(26-15(2)18-5-3-4-6-18)12-16-7-9-17(10-8-16)13-20(25)27/h7-11,18H,1,3-6,12-13H2,2H3,(H2,25,27)/b19-11-,26-15?. The molecule has 0 aliphatic heterocycles. The first-order valence-corrected chi connectivity index (χ1v) is 9.03. The molecule has 27 heavy (non-hydrogen) atoms. The number of carbonyl (C=O) groups is 1. The Labute approximate surface area is 157 Å². The SMILES string of the molecule is C=C(/C=C(/Cc1ccc(CC(N)=O)cc1)N=C(C)C1CCCC1)C(F)(F)F. The normalized spacial score (nSPS) is 16.6. The highest BCUT2D eigenvalue weighted by molar-refractivity contribution is 5.85. The lowest BCUT2D eigenvalue weighted by Gasteiger charge is -2.12. The number of alkyl halides is 3. The van der Waals surface area contributed by atoms with Crippen LogP contribution >= 0.6 is 0 Å². The summed E-state index contributed by atoms with van der Waals surface area (Å²) in [6.07, 6.45) is 1.27. The fraction of sp³-hybridized carbons (Fsp3) is 0.429. The van der Waals surface area contributed by atoms with Crippen molar-refractivity contribution in [2.75, 3.05) is 0 Å². The Morgan fingerprint density at radius 3 is 2.19 bits per heavy atom. The maximum absolute atomic E-state index is 12.9. The van der Waals surface area contributed by atoms with Gasteiger partial charge in [-0.3, -0.25) is 9.79 Å². The Bertz CT molecular complexity index is 740. The zero-order chi connectivity index (χ0) is 20.0. The summed E-state index contributed by atoms with van der Waals surface area (Å²) >= 11 is 0. The number of halogens is 3. The Morgan fingerprint density at radius 2 is 1.70 bits per heavy atom. The van der Waals surface area contributed by atoms with Gasteiger partial charge in [0, 0.05) is 17.8 Å². The van der Waals surface area contributed by atoms with E-state index in [4.69, 9.17) is 5.73 Å². The maximum Gasteiger partial charge on any atom is 0.415 e. The number of nitrogens with zero attached hydrogens (tertiary/aromatic N) is 1. The number of hydrogen-bond acceptors (Lipinski definition) is 2. The topological polar surface area (TPSA) is 55.5 Å². The van der Waals surface area contributed by atoms with Gasteiger partial charge in [-0.25, -0.2) is 0 Å². The highest BCUT2D eigenvalue weighted by atomic mass is 19.4. The largest absolute Gasteiger partial charge is 0.415 e. The number of aliphatic imine (C=N–C) groups is 1. The van der Waals surface area contributed by atoms with Crippen LogP contribution in [-0.2, 0) is 17.6 Å². The van der Waals surface area contributed by atoms with Crippen molar-refractivity contribution in [3.05, 3.63) is 59.3 Å². The van der Waals surface area contributed by atoms with E-state index in [0.717, 1.165) is 48.6 Å². The summed E-state index contributed by atoms with van der Waals surface area (Å²) in [6, 6.07) is 7.07. The molecule has 1 aliphatic rings. The van der Waals surface area contributed by atoms with E-state index in [1.165, 1.54) is 0 Å². The lowest BCUT2D eigenvalue weighted by molar-refractivity contribution is -0.117. The van der Waals surface area contributed by atoms with Crippen molar-refractivity contribution in [1.29, 1.82) is 0 Å². The zero-order valence-electron chi connectivity index (χ0n) is 15.5. The van der Waals surface area contributed by atoms with E-state index >= 15 is 0 Å². The van der Waals surface area contributed by atoms with Gasteiger partial charge >= 0.3 is 6.18 Å². The molecule has 0 aromatic heterocycles. The zero-order valence-corrected chi connectivity index (χ0v) is 15.5. The third-order valence-electron chi connectivity index (χ3n) is 4.76. The van der Waals surface area contributed by atoms with Crippen LogP contribution < -0.4 is 5.73 Å². The second-order valence-corrected chi connectivity index (χ2v) is 7.03. The fourth-order valence-corrected chi connectivity index (χ4v) is 3.25. The minimum absolute atomic E-state index is 0.132.